The summed E-state index contributed by atoms with van der Waals surface area (Å²) >= 11 is 6.11. The Labute approximate surface area is 121 Å². The number of ether oxygens (including phenoxy) is 1. The van der Waals surface area contributed by atoms with Gasteiger partial charge in [-0.25, -0.2) is 8.78 Å². The number of nitrogens with one attached hydrogen (secondary N) is 1. The summed E-state index contributed by atoms with van der Waals surface area (Å²) < 4.78 is 31.8. The summed E-state index contributed by atoms with van der Waals surface area (Å²) in [6.07, 6.45) is 0. The molecule has 0 amide bonds. The highest BCUT2D eigenvalue weighted by Gasteiger charge is 2.17. The number of methoxy groups -OCH3 is 1. The molecule has 0 aliphatic rings. The molecule has 0 aromatic heterocycles. The van der Waals surface area contributed by atoms with Gasteiger partial charge in [0.25, 0.3) is 0 Å². The minimum atomic E-state index is -0.448. The van der Waals surface area contributed by atoms with Crippen molar-refractivity contribution in [1.29, 1.82) is 0 Å². The molecule has 0 heterocycles. The zero-order chi connectivity index (χ0) is 14.7. The molecule has 2 rings (SSSR count). The summed E-state index contributed by atoms with van der Waals surface area (Å²) in [6.45, 7) is 0. The fourth-order valence-corrected chi connectivity index (χ4v) is 2.32. The third-order valence-corrected chi connectivity index (χ3v) is 3.41. The van der Waals surface area contributed by atoms with Crippen molar-refractivity contribution in [3.63, 3.8) is 0 Å². The van der Waals surface area contributed by atoms with Gasteiger partial charge in [-0.15, -0.1) is 0 Å². The summed E-state index contributed by atoms with van der Waals surface area (Å²) in [7, 11) is 3.12. The second-order valence-electron chi connectivity index (χ2n) is 4.28. The average Bonchev–Trinajstić information content (AvgIpc) is 2.45. The van der Waals surface area contributed by atoms with Crippen LogP contribution in [0.3, 0.4) is 0 Å². The molecule has 0 saturated heterocycles. The minimum Gasteiger partial charge on any atom is -0.494 e. The molecule has 0 saturated carbocycles. The predicted octanol–water partition coefficient (Wildman–Crippen LogP) is 3.94. The van der Waals surface area contributed by atoms with Crippen LogP contribution < -0.4 is 10.1 Å². The molecule has 2 aromatic rings. The van der Waals surface area contributed by atoms with Gasteiger partial charge in [0.2, 0.25) is 0 Å². The van der Waals surface area contributed by atoms with Gasteiger partial charge in [-0.3, -0.25) is 0 Å². The lowest BCUT2D eigenvalue weighted by atomic mass is 9.98. The minimum absolute atomic E-state index is 0.135. The lowest BCUT2D eigenvalue weighted by Crippen LogP contribution is -2.18. The first-order chi connectivity index (χ1) is 9.56. The second-order valence-corrected chi connectivity index (χ2v) is 4.69. The smallest absolute Gasteiger partial charge is 0.165 e. The van der Waals surface area contributed by atoms with Crippen molar-refractivity contribution in [1.82, 2.24) is 5.32 Å². The number of halogens is 3. The Morgan fingerprint density at radius 3 is 2.55 bits per heavy atom. The van der Waals surface area contributed by atoms with Crippen molar-refractivity contribution in [3.8, 4) is 5.75 Å². The average molecular weight is 298 g/mol. The zero-order valence-electron chi connectivity index (χ0n) is 11.1. The van der Waals surface area contributed by atoms with Crippen LogP contribution >= 0.6 is 11.6 Å². The SMILES string of the molecule is CNC(c1ccc(F)c(OC)c1)c1cc(F)ccc1Cl. The van der Waals surface area contributed by atoms with Gasteiger partial charge in [-0.1, -0.05) is 17.7 Å². The van der Waals surface area contributed by atoms with Gasteiger partial charge < -0.3 is 10.1 Å². The van der Waals surface area contributed by atoms with Crippen LogP contribution in [0.4, 0.5) is 8.78 Å². The van der Waals surface area contributed by atoms with Crippen LogP contribution in [0.2, 0.25) is 5.02 Å². The van der Waals surface area contributed by atoms with Gasteiger partial charge in [-0.05, 0) is 48.5 Å². The van der Waals surface area contributed by atoms with Gasteiger partial charge >= 0.3 is 0 Å². The van der Waals surface area contributed by atoms with Crippen molar-refractivity contribution in [2.45, 2.75) is 6.04 Å². The van der Waals surface area contributed by atoms with Crippen molar-refractivity contribution >= 4 is 11.6 Å². The van der Waals surface area contributed by atoms with E-state index in [1.807, 2.05) is 0 Å². The molecule has 0 spiro atoms. The molecule has 1 atom stereocenters. The number of benzene rings is 2. The Hall–Kier alpha value is -1.65. The van der Waals surface area contributed by atoms with Crippen molar-refractivity contribution in [2.24, 2.45) is 0 Å². The summed E-state index contributed by atoms with van der Waals surface area (Å²) in [5, 5.41) is 3.48. The van der Waals surface area contributed by atoms with Crippen LogP contribution in [0.1, 0.15) is 17.2 Å². The van der Waals surface area contributed by atoms with E-state index in [1.54, 1.807) is 19.2 Å². The van der Waals surface area contributed by atoms with Crippen LogP contribution in [-0.4, -0.2) is 14.2 Å². The highest BCUT2D eigenvalue weighted by molar-refractivity contribution is 6.31. The molecule has 5 heteroatoms. The van der Waals surface area contributed by atoms with E-state index in [1.165, 1.54) is 31.4 Å². The first-order valence-corrected chi connectivity index (χ1v) is 6.40. The van der Waals surface area contributed by atoms with Crippen LogP contribution in [-0.2, 0) is 0 Å². The molecular weight excluding hydrogens is 284 g/mol. The van der Waals surface area contributed by atoms with Crippen molar-refractivity contribution in [2.75, 3.05) is 14.2 Å². The number of rotatable bonds is 4. The molecule has 20 heavy (non-hydrogen) atoms. The third kappa shape index (κ3) is 2.92. The van der Waals surface area contributed by atoms with Gasteiger partial charge in [-0.2, -0.15) is 0 Å². The standard InChI is InChI=1S/C15H14ClF2NO/c1-19-15(11-8-10(17)4-5-12(11)16)9-3-6-13(18)14(7-9)20-2/h3-8,15,19H,1-2H3. The highest BCUT2D eigenvalue weighted by Crippen LogP contribution is 2.31. The number of hydrogen-bond acceptors (Lipinski definition) is 2. The first-order valence-electron chi connectivity index (χ1n) is 6.02. The molecule has 0 aliphatic carbocycles. The Morgan fingerprint density at radius 1 is 1.15 bits per heavy atom. The van der Waals surface area contributed by atoms with E-state index in [9.17, 15) is 8.78 Å². The van der Waals surface area contributed by atoms with E-state index in [-0.39, 0.29) is 17.6 Å². The molecular formula is C15H14ClF2NO. The van der Waals surface area contributed by atoms with E-state index in [0.29, 0.717) is 10.6 Å². The van der Waals surface area contributed by atoms with Crippen LogP contribution in [0.15, 0.2) is 36.4 Å². The maximum absolute atomic E-state index is 13.5. The normalized spacial score (nSPS) is 12.2. The lowest BCUT2D eigenvalue weighted by molar-refractivity contribution is 0.385. The van der Waals surface area contributed by atoms with Crippen LogP contribution in [0.5, 0.6) is 5.75 Å². The molecule has 1 N–H and O–H groups in total. The van der Waals surface area contributed by atoms with E-state index in [4.69, 9.17) is 16.3 Å². The topological polar surface area (TPSA) is 21.3 Å². The van der Waals surface area contributed by atoms with E-state index >= 15 is 0 Å². The summed E-state index contributed by atoms with van der Waals surface area (Å²) in [5.74, 6) is -0.689. The molecule has 2 nitrogen and oxygen atoms in total. The second kappa shape index (κ2) is 6.20. The molecule has 106 valence electrons. The summed E-state index contributed by atoms with van der Waals surface area (Å²) in [6, 6.07) is 8.29. The quantitative estimate of drug-likeness (QED) is 0.923. The highest BCUT2D eigenvalue weighted by atomic mass is 35.5. The Bertz CT molecular complexity index is 619. The van der Waals surface area contributed by atoms with Crippen LogP contribution in [0, 0.1) is 11.6 Å². The first kappa shape index (κ1) is 14.8. The van der Waals surface area contributed by atoms with Gasteiger partial charge in [0.1, 0.15) is 5.82 Å². The lowest BCUT2D eigenvalue weighted by Gasteiger charge is -2.19. The summed E-state index contributed by atoms with van der Waals surface area (Å²) in [4.78, 5) is 0. The molecule has 2 aromatic carbocycles. The third-order valence-electron chi connectivity index (χ3n) is 3.07. The van der Waals surface area contributed by atoms with Gasteiger partial charge in [0.15, 0.2) is 11.6 Å². The summed E-state index contributed by atoms with van der Waals surface area (Å²) in [5.41, 5.74) is 1.32. The van der Waals surface area contributed by atoms with E-state index < -0.39 is 5.82 Å². The van der Waals surface area contributed by atoms with Crippen LogP contribution in [0.25, 0.3) is 0 Å². The fraction of sp³-hybridized carbons (Fsp3) is 0.200. The maximum Gasteiger partial charge on any atom is 0.165 e. The monoisotopic (exact) mass is 297 g/mol. The largest absolute Gasteiger partial charge is 0.494 e. The van der Waals surface area contributed by atoms with E-state index in [0.717, 1.165) is 5.56 Å². The van der Waals surface area contributed by atoms with Crippen molar-refractivity contribution < 1.29 is 13.5 Å². The Morgan fingerprint density at radius 2 is 1.90 bits per heavy atom. The maximum atomic E-state index is 13.5. The Kier molecular flexibility index (Phi) is 4.57. The van der Waals surface area contributed by atoms with Crippen molar-refractivity contribution in [3.05, 3.63) is 64.2 Å². The van der Waals surface area contributed by atoms with E-state index in [2.05, 4.69) is 5.32 Å². The fourth-order valence-electron chi connectivity index (χ4n) is 2.09. The van der Waals surface area contributed by atoms with Gasteiger partial charge in [0, 0.05) is 5.02 Å². The zero-order valence-corrected chi connectivity index (χ0v) is 11.8. The predicted molar refractivity (Wildman–Crippen MR) is 75.3 cm³/mol. The number of hydrogen-bond donors (Lipinski definition) is 1. The Balaban J connectivity index is 2.49. The molecule has 0 bridgehead atoms. The molecule has 1 unspecified atom stereocenters. The van der Waals surface area contributed by atoms with Gasteiger partial charge in [0.05, 0.1) is 13.2 Å². The molecule has 0 aliphatic heterocycles. The molecule has 0 radical (unpaired) electrons. The molecule has 0 fully saturated rings.